The first kappa shape index (κ1) is 8.69. The van der Waals surface area contributed by atoms with Crippen molar-refractivity contribution in [2.75, 3.05) is 6.61 Å². The molecule has 1 rings (SSSR count). The molecule has 60 valence electrons. The lowest BCUT2D eigenvalue weighted by molar-refractivity contribution is 0.340. The topological polar surface area (TPSA) is 9.23 Å². The highest BCUT2D eigenvalue weighted by Gasteiger charge is 1.99. The summed E-state index contributed by atoms with van der Waals surface area (Å²) in [6.45, 7) is 2.50. The molecule has 1 nitrogen and oxygen atoms in total. The zero-order valence-corrected chi connectivity index (χ0v) is 7.62. The van der Waals surface area contributed by atoms with Crippen molar-refractivity contribution in [1.82, 2.24) is 0 Å². The van der Waals surface area contributed by atoms with Crippen molar-refractivity contribution in [3.05, 3.63) is 28.2 Å². The van der Waals surface area contributed by atoms with Crippen molar-refractivity contribution in [1.29, 1.82) is 0 Å². The first-order chi connectivity index (χ1) is 5.24. The Bertz CT molecular complexity index is 248. The van der Waals surface area contributed by atoms with Gasteiger partial charge in [0.25, 0.3) is 0 Å². The lowest BCUT2D eigenvalue weighted by Crippen LogP contribution is -1.91. The molecule has 0 aliphatic heterocycles. The van der Waals surface area contributed by atoms with E-state index in [1.165, 1.54) is 0 Å². The first-order valence-corrected chi connectivity index (χ1v) is 4.07. The van der Waals surface area contributed by atoms with Gasteiger partial charge in [0.1, 0.15) is 5.75 Å². The maximum absolute atomic E-state index is 5.79. The number of ether oxygens (including phenoxy) is 1. The second-order valence-electron chi connectivity index (χ2n) is 2.01. The molecule has 0 fully saturated rings. The Morgan fingerprint density at radius 2 is 2.09 bits per heavy atom. The van der Waals surface area contributed by atoms with E-state index in [-0.39, 0.29) is 0 Å². The lowest BCUT2D eigenvalue weighted by atomic mass is 10.3. The summed E-state index contributed by atoms with van der Waals surface area (Å²) in [5, 5.41) is 1.23. The third-order valence-corrected chi connectivity index (χ3v) is 1.74. The predicted molar refractivity (Wildman–Crippen MR) is 47.6 cm³/mol. The molecule has 0 saturated heterocycles. The molecule has 0 radical (unpaired) electrons. The van der Waals surface area contributed by atoms with Crippen LogP contribution < -0.4 is 4.74 Å². The highest BCUT2D eigenvalue weighted by atomic mass is 35.5. The minimum Gasteiger partial charge on any atom is -0.492 e. The molecule has 0 heterocycles. The summed E-state index contributed by atoms with van der Waals surface area (Å²) >= 11 is 11.5. The van der Waals surface area contributed by atoms with Gasteiger partial charge in [-0.1, -0.05) is 23.2 Å². The van der Waals surface area contributed by atoms with Crippen LogP contribution in [0.1, 0.15) is 6.92 Å². The van der Waals surface area contributed by atoms with E-state index in [0.29, 0.717) is 22.4 Å². The van der Waals surface area contributed by atoms with Gasteiger partial charge in [-0.15, -0.1) is 0 Å². The molecule has 0 saturated carbocycles. The Morgan fingerprint density at radius 3 is 2.73 bits per heavy atom. The summed E-state index contributed by atoms with van der Waals surface area (Å²) in [4.78, 5) is 0. The molecule has 0 amide bonds. The molecule has 0 aliphatic carbocycles. The van der Waals surface area contributed by atoms with Gasteiger partial charge in [-0.2, -0.15) is 0 Å². The van der Waals surface area contributed by atoms with Gasteiger partial charge in [0.05, 0.1) is 11.6 Å². The van der Waals surface area contributed by atoms with E-state index in [1.54, 1.807) is 18.2 Å². The summed E-state index contributed by atoms with van der Waals surface area (Å²) in [5.41, 5.74) is 0. The quantitative estimate of drug-likeness (QED) is 0.696. The van der Waals surface area contributed by atoms with Gasteiger partial charge in [-0.25, -0.2) is 0 Å². The summed E-state index contributed by atoms with van der Waals surface area (Å²) in [5.74, 6) is 0.640. The normalized spacial score (nSPS) is 9.73. The van der Waals surface area contributed by atoms with E-state index < -0.39 is 0 Å². The van der Waals surface area contributed by atoms with Crippen molar-refractivity contribution in [3.63, 3.8) is 0 Å². The van der Waals surface area contributed by atoms with Crippen LogP contribution in [0, 0.1) is 0 Å². The van der Waals surface area contributed by atoms with Gasteiger partial charge in [0, 0.05) is 11.1 Å². The van der Waals surface area contributed by atoms with Crippen LogP contribution in [0.25, 0.3) is 0 Å². The zero-order valence-electron chi connectivity index (χ0n) is 6.10. The SMILES string of the molecule is CCOc1cc(Cl)ccc1Cl. The standard InChI is InChI=1S/C8H8Cl2O/c1-2-11-8-5-6(9)3-4-7(8)10/h3-5H,2H2,1H3. The Labute approximate surface area is 75.9 Å². The Kier molecular flexibility index (Phi) is 3.03. The summed E-state index contributed by atoms with van der Waals surface area (Å²) < 4.78 is 5.20. The minimum atomic E-state index is 0.594. The van der Waals surface area contributed by atoms with Crippen molar-refractivity contribution in [3.8, 4) is 5.75 Å². The molecule has 11 heavy (non-hydrogen) atoms. The largest absolute Gasteiger partial charge is 0.492 e. The fraction of sp³-hybridized carbons (Fsp3) is 0.250. The summed E-state index contributed by atoms with van der Waals surface area (Å²) in [7, 11) is 0. The van der Waals surface area contributed by atoms with Crippen molar-refractivity contribution in [2.45, 2.75) is 6.92 Å². The highest BCUT2D eigenvalue weighted by Crippen LogP contribution is 2.27. The number of rotatable bonds is 2. The zero-order chi connectivity index (χ0) is 8.27. The minimum absolute atomic E-state index is 0.594. The van der Waals surface area contributed by atoms with Crippen LogP contribution in [-0.4, -0.2) is 6.61 Å². The summed E-state index contributed by atoms with van der Waals surface area (Å²) in [6, 6.07) is 5.15. The van der Waals surface area contributed by atoms with Crippen molar-refractivity contribution < 1.29 is 4.74 Å². The Morgan fingerprint density at radius 1 is 1.36 bits per heavy atom. The highest BCUT2D eigenvalue weighted by molar-refractivity contribution is 6.34. The molecular formula is C8H8Cl2O. The molecule has 0 bridgehead atoms. The van der Waals surface area contributed by atoms with Crippen LogP contribution in [0.5, 0.6) is 5.75 Å². The van der Waals surface area contributed by atoms with Crippen LogP contribution in [0.3, 0.4) is 0 Å². The van der Waals surface area contributed by atoms with E-state index in [0.717, 1.165) is 0 Å². The van der Waals surface area contributed by atoms with Crippen LogP contribution in [0.4, 0.5) is 0 Å². The van der Waals surface area contributed by atoms with Crippen molar-refractivity contribution >= 4 is 23.2 Å². The number of halogens is 2. The van der Waals surface area contributed by atoms with Crippen molar-refractivity contribution in [2.24, 2.45) is 0 Å². The van der Waals surface area contributed by atoms with Crippen LogP contribution in [0.15, 0.2) is 18.2 Å². The first-order valence-electron chi connectivity index (χ1n) is 3.32. The van der Waals surface area contributed by atoms with Gasteiger partial charge < -0.3 is 4.74 Å². The molecule has 0 aliphatic rings. The second-order valence-corrected chi connectivity index (χ2v) is 2.85. The molecule has 0 unspecified atom stereocenters. The fourth-order valence-corrected chi connectivity index (χ4v) is 1.08. The van der Waals surface area contributed by atoms with E-state index in [2.05, 4.69) is 0 Å². The molecule has 1 aromatic rings. The Balaban J connectivity index is 2.93. The number of hydrogen-bond acceptors (Lipinski definition) is 1. The molecular weight excluding hydrogens is 183 g/mol. The molecule has 0 spiro atoms. The molecule has 1 aromatic carbocycles. The van der Waals surface area contributed by atoms with Gasteiger partial charge in [0.2, 0.25) is 0 Å². The van der Waals surface area contributed by atoms with E-state index in [1.807, 2.05) is 6.92 Å². The smallest absolute Gasteiger partial charge is 0.139 e. The van der Waals surface area contributed by atoms with E-state index >= 15 is 0 Å². The van der Waals surface area contributed by atoms with E-state index in [9.17, 15) is 0 Å². The third kappa shape index (κ3) is 2.28. The van der Waals surface area contributed by atoms with Gasteiger partial charge in [0.15, 0.2) is 0 Å². The van der Waals surface area contributed by atoms with E-state index in [4.69, 9.17) is 27.9 Å². The second kappa shape index (κ2) is 3.84. The van der Waals surface area contributed by atoms with Gasteiger partial charge in [-0.3, -0.25) is 0 Å². The molecule has 0 N–H and O–H groups in total. The molecule has 0 aromatic heterocycles. The Hall–Kier alpha value is -0.400. The average molecular weight is 191 g/mol. The maximum atomic E-state index is 5.79. The van der Waals surface area contributed by atoms with Crippen LogP contribution in [-0.2, 0) is 0 Å². The summed E-state index contributed by atoms with van der Waals surface area (Å²) in [6.07, 6.45) is 0. The fourth-order valence-electron chi connectivity index (χ4n) is 0.743. The van der Waals surface area contributed by atoms with Crippen LogP contribution in [0.2, 0.25) is 10.0 Å². The monoisotopic (exact) mass is 190 g/mol. The van der Waals surface area contributed by atoms with Gasteiger partial charge >= 0.3 is 0 Å². The third-order valence-electron chi connectivity index (χ3n) is 1.19. The number of hydrogen-bond donors (Lipinski definition) is 0. The van der Waals surface area contributed by atoms with Gasteiger partial charge in [-0.05, 0) is 19.1 Å². The van der Waals surface area contributed by atoms with Crippen LogP contribution >= 0.6 is 23.2 Å². The maximum Gasteiger partial charge on any atom is 0.139 e. The lowest BCUT2D eigenvalue weighted by Gasteiger charge is -2.04. The predicted octanol–water partition coefficient (Wildman–Crippen LogP) is 3.39. The average Bonchev–Trinajstić information content (AvgIpc) is 1.98. The molecule has 0 atom stereocenters. The number of benzene rings is 1. The molecule has 3 heteroatoms.